The van der Waals surface area contributed by atoms with Crippen LogP contribution in [0.25, 0.3) is 0 Å². The minimum Gasteiger partial charge on any atom is -0.326 e. The molecule has 2 aromatic rings. The van der Waals surface area contributed by atoms with Gasteiger partial charge in [0.1, 0.15) is 0 Å². The molecule has 2 amide bonds. The summed E-state index contributed by atoms with van der Waals surface area (Å²) in [5.41, 5.74) is 4.36. The maximum Gasteiger partial charge on any atom is 0.271 e. The van der Waals surface area contributed by atoms with Gasteiger partial charge in [-0.25, -0.2) is 5.43 Å². The average molecular weight is 382 g/mol. The first-order valence-electron chi connectivity index (χ1n) is 8.90. The van der Waals surface area contributed by atoms with Crippen LogP contribution in [0.15, 0.2) is 53.6 Å². The summed E-state index contributed by atoms with van der Waals surface area (Å²) in [5, 5.41) is 17.6. The molecule has 0 saturated heterocycles. The van der Waals surface area contributed by atoms with Crippen molar-refractivity contribution in [2.75, 3.05) is 5.32 Å². The summed E-state index contributed by atoms with van der Waals surface area (Å²) in [7, 11) is 0. The van der Waals surface area contributed by atoms with Gasteiger partial charge in [0.05, 0.1) is 10.6 Å². The lowest BCUT2D eigenvalue weighted by atomic mass is 10.1. The van der Waals surface area contributed by atoms with Gasteiger partial charge in [-0.3, -0.25) is 19.7 Å². The summed E-state index contributed by atoms with van der Waals surface area (Å²) >= 11 is 0. The largest absolute Gasteiger partial charge is 0.326 e. The van der Waals surface area contributed by atoms with E-state index in [-0.39, 0.29) is 11.6 Å². The van der Waals surface area contributed by atoms with Crippen LogP contribution in [0.2, 0.25) is 0 Å². The second-order valence-electron chi connectivity index (χ2n) is 6.17. The van der Waals surface area contributed by atoms with Crippen molar-refractivity contribution >= 4 is 28.9 Å². The zero-order valence-corrected chi connectivity index (χ0v) is 15.8. The van der Waals surface area contributed by atoms with Gasteiger partial charge < -0.3 is 5.32 Å². The molecule has 0 fully saturated rings. The Morgan fingerprint density at radius 3 is 2.46 bits per heavy atom. The molecular formula is C20H22N4O4. The normalized spacial score (nSPS) is 11.0. The van der Waals surface area contributed by atoms with Gasteiger partial charge in [0.2, 0.25) is 5.91 Å². The molecule has 0 aliphatic heterocycles. The van der Waals surface area contributed by atoms with E-state index in [2.05, 4.69) is 15.8 Å². The third-order valence-electron chi connectivity index (χ3n) is 3.99. The molecule has 0 unspecified atom stereocenters. The van der Waals surface area contributed by atoms with E-state index in [0.29, 0.717) is 28.9 Å². The predicted molar refractivity (Wildman–Crippen MR) is 107 cm³/mol. The molecule has 0 radical (unpaired) electrons. The SMILES string of the molecule is CCCCC(=O)Nc1ccc(C(=O)NN=C(C)c2cccc([N+](=O)[O-])c2)cc1. The third-order valence-corrected chi connectivity index (χ3v) is 3.99. The van der Waals surface area contributed by atoms with E-state index in [1.165, 1.54) is 12.1 Å². The Labute approximate surface area is 162 Å². The molecule has 8 heteroatoms. The monoisotopic (exact) mass is 382 g/mol. The molecule has 0 bridgehead atoms. The number of nitrogens with zero attached hydrogens (tertiary/aromatic N) is 2. The minimum atomic E-state index is -0.488. The number of non-ortho nitro benzene ring substituents is 1. The lowest BCUT2D eigenvalue weighted by Gasteiger charge is -2.06. The Balaban J connectivity index is 1.98. The lowest BCUT2D eigenvalue weighted by Crippen LogP contribution is -2.19. The molecule has 146 valence electrons. The van der Waals surface area contributed by atoms with Crippen molar-refractivity contribution in [2.24, 2.45) is 5.10 Å². The van der Waals surface area contributed by atoms with Crippen molar-refractivity contribution in [3.05, 3.63) is 69.8 Å². The minimum absolute atomic E-state index is 0.0463. The summed E-state index contributed by atoms with van der Waals surface area (Å²) in [5.74, 6) is -0.482. The van der Waals surface area contributed by atoms with Gasteiger partial charge in [0.15, 0.2) is 0 Å². The highest BCUT2D eigenvalue weighted by molar-refractivity contribution is 6.01. The molecule has 28 heavy (non-hydrogen) atoms. The fraction of sp³-hybridized carbons (Fsp3) is 0.250. The number of anilines is 1. The van der Waals surface area contributed by atoms with Gasteiger partial charge in [-0.15, -0.1) is 0 Å². The van der Waals surface area contributed by atoms with Crippen LogP contribution in [-0.2, 0) is 4.79 Å². The Bertz CT molecular complexity index is 891. The average Bonchev–Trinajstić information content (AvgIpc) is 2.70. The van der Waals surface area contributed by atoms with Crippen LogP contribution < -0.4 is 10.7 Å². The number of hydrogen-bond acceptors (Lipinski definition) is 5. The Morgan fingerprint density at radius 2 is 1.82 bits per heavy atom. The molecular weight excluding hydrogens is 360 g/mol. The number of benzene rings is 2. The highest BCUT2D eigenvalue weighted by Gasteiger charge is 2.09. The third kappa shape index (κ3) is 6.01. The second-order valence-corrected chi connectivity index (χ2v) is 6.17. The summed E-state index contributed by atoms with van der Waals surface area (Å²) in [4.78, 5) is 34.3. The maximum absolute atomic E-state index is 12.2. The molecule has 0 aliphatic carbocycles. The van der Waals surface area contributed by atoms with Crippen LogP contribution in [0.3, 0.4) is 0 Å². The first kappa shape index (κ1) is 20.8. The topological polar surface area (TPSA) is 114 Å². The van der Waals surface area contributed by atoms with Gasteiger partial charge in [0, 0.05) is 35.4 Å². The molecule has 2 rings (SSSR count). The zero-order valence-electron chi connectivity index (χ0n) is 15.8. The summed E-state index contributed by atoms with van der Waals surface area (Å²) < 4.78 is 0. The van der Waals surface area contributed by atoms with E-state index in [1.807, 2.05) is 6.92 Å². The second kappa shape index (κ2) is 9.96. The van der Waals surface area contributed by atoms with Crippen molar-refractivity contribution in [1.29, 1.82) is 0 Å². The van der Waals surface area contributed by atoms with E-state index >= 15 is 0 Å². The molecule has 8 nitrogen and oxygen atoms in total. The van der Waals surface area contributed by atoms with Crippen LogP contribution in [0.1, 0.15) is 49.0 Å². The Morgan fingerprint density at radius 1 is 1.11 bits per heavy atom. The standard InChI is InChI=1S/C20H22N4O4/c1-3-4-8-19(25)21-17-11-9-15(10-12-17)20(26)23-22-14(2)16-6-5-7-18(13-16)24(27)28/h5-7,9-13H,3-4,8H2,1-2H3,(H,21,25)(H,23,26). The van der Waals surface area contributed by atoms with E-state index in [0.717, 1.165) is 12.8 Å². The molecule has 2 N–H and O–H groups in total. The number of unbranched alkanes of at least 4 members (excludes halogenated alkanes) is 1. The van der Waals surface area contributed by atoms with Crippen molar-refractivity contribution in [1.82, 2.24) is 5.43 Å². The van der Waals surface area contributed by atoms with Crippen LogP contribution in [0.5, 0.6) is 0 Å². The number of hydrazone groups is 1. The van der Waals surface area contributed by atoms with E-state index in [4.69, 9.17) is 0 Å². The predicted octanol–water partition coefficient (Wildman–Crippen LogP) is 3.88. The quantitative estimate of drug-likeness (QED) is 0.410. The zero-order chi connectivity index (χ0) is 20.5. The molecule has 0 aromatic heterocycles. The fourth-order valence-electron chi connectivity index (χ4n) is 2.37. The summed E-state index contributed by atoms with van der Waals surface area (Å²) in [6.45, 7) is 3.66. The van der Waals surface area contributed by atoms with E-state index in [1.54, 1.807) is 43.3 Å². The fourth-order valence-corrected chi connectivity index (χ4v) is 2.37. The highest BCUT2D eigenvalue weighted by atomic mass is 16.6. The molecule has 0 heterocycles. The number of nitro benzene ring substituents is 1. The summed E-state index contributed by atoms with van der Waals surface area (Å²) in [6.07, 6.45) is 2.24. The first-order valence-corrected chi connectivity index (χ1v) is 8.90. The van der Waals surface area contributed by atoms with E-state index < -0.39 is 10.8 Å². The van der Waals surface area contributed by atoms with Crippen LogP contribution in [-0.4, -0.2) is 22.4 Å². The van der Waals surface area contributed by atoms with Gasteiger partial charge >= 0.3 is 0 Å². The number of amides is 2. The van der Waals surface area contributed by atoms with Crippen LogP contribution in [0.4, 0.5) is 11.4 Å². The van der Waals surface area contributed by atoms with Crippen LogP contribution in [0, 0.1) is 10.1 Å². The van der Waals surface area contributed by atoms with E-state index in [9.17, 15) is 19.7 Å². The maximum atomic E-state index is 12.2. The number of nitrogens with one attached hydrogen (secondary N) is 2. The first-order chi connectivity index (χ1) is 13.4. The molecule has 0 spiro atoms. The number of nitro groups is 1. The van der Waals surface area contributed by atoms with Gasteiger partial charge in [0.25, 0.3) is 11.6 Å². The molecule has 2 aromatic carbocycles. The number of carbonyl (C=O) groups is 2. The smallest absolute Gasteiger partial charge is 0.271 e. The van der Waals surface area contributed by atoms with Crippen LogP contribution >= 0.6 is 0 Å². The van der Waals surface area contributed by atoms with Crippen molar-refractivity contribution in [3.63, 3.8) is 0 Å². The number of carbonyl (C=O) groups excluding carboxylic acids is 2. The number of hydrogen-bond donors (Lipinski definition) is 2. The lowest BCUT2D eigenvalue weighted by molar-refractivity contribution is -0.384. The highest BCUT2D eigenvalue weighted by Crippen LogP contribution is 2.14. The van der Waals surface area contributed by atoms with Crippen molar-refractivity contribution in [2.45, 2.75) is 33.1 Å². The number of rotatable bonds is 8. The molecule has 0 atom stereocenters. The Hall–Kier alpha value is -3.55. The molecule has 0 aliphatic rings. The molecule has 0 saturated carbocycles. The van der Waals surface area contributed by atoms with Gasteiger partial charge in [-0.2, -0.15) is 5.10 Å². The Kier molecular flexibility index (Phi) is 7.38. The van der Waals surface area contributed by atoms with Gasteiger partial charge in [-0.05, 0) is 37.6 Å². The van der Waals surface area contributed by atoms with Crippen molar-refractivity contribution in [3.8, 4) is 0 Å². The van der Waals surface area contributed by atoms with Crippen molar-refractivity contribution < 1.29 is 14.5 Å². The summed E-state index contributed by atoms with van der Waals surface area (Å²) in [6, 6.07) is 12.5. The van der Waals surface area contributed by atoms with Gasteiger partial charge in [-0.1, -0.05) is 25.5 Å².